The Bertz CT molecular complexity index is 622. The van der Waals surface area contributed by atoms with Crippen LogP contribution >= 0.6 is 0 Å². The molecule has 0 saturated heterocycles. The lowest BCUT2D eigenvalue weighted by Crippen LogP contribution is -2.40. The summed E-state index contributed by atoms with van der Waals surface area (Å²) >= 11 is 0. The number of carbonyl (C=O) groups excluding carboxylic acids is 2. The fourth-order valence-electron chi connectivity index (χ4n) is 1.89. The number of amides is 2. The van der Waals surface area contributed by atoms with Crippen LogP contribution in [0.4, 0.5) is 5.69 Å². The van der Waals surface area contributed by atoms with Gasteiger partial charge in [-0.3, -0.25) is 9.59 Å². The van der Waals surface area contributed by atoms with Crippen LogP contribution in [0.2, 0.25) is 0 Å². The second-order valence-electron chi connectivity index (χ2n) is 4.47. The first-order chi connectivity index (χ1) is 9.06. The summed E-state index contributed by atoms with van der Waals surface area (Å²) in [6.45, 7) is 3.04. The molecule has 0 spiro atoms. The van der Waals surface area contributed by atoms with Crippen molar-refractivity contribution in [3.63, 3.8) is 0 Å². The predicted molar refractivity (Wildman–Crippen MR) is 75.9 cm³/mol. The molecular weight excluding hydrogens is 240 g/mol. The number of hydrogen-bond donors (Lipinski definition) is 2. The van der Waals surface area contributed by atoms with Gasteiger partial charge in [-0.2, -0.15) is 0 Å². The van der Waals surface area contributed by atoms with Gasteiger partial charge in [-0.05, 0) is 29.8 Å². The summed E-state index contributed by atoms with van der Waals surface area (Å²) < 4.78 is 0. The summed E-state index contributed by atoms with van der Waals surface area (Å²) in [7, 11) is 0. The van der Waals surface area contributed by atoms with E-state index in [1.807, 2.05) is 42.5 Å². The highest BCUT2D eigenvalue weighted by Gasteiger charge is 2.13. The van der Waals surface area contributed by atoms with Gasteiger partial charge in [0, 0.05) is 12.6 Å². The predicted octanol–water partition coefficient (Wildman–Crippen LogP) is 2.30. The average Bonchev–Trinajstić information content (AvgIpc) is 2.37. The smallest absolute Gasteiger partial charge is 0.246 e. The molecule has 4 nitrogen and oxygen atoms in total. The lowest BCUT2D eigenvalue weighted by Gasteiger charge is -2.13. The standard InChI is InChI=1S/C15H16N2O2/c1-10(16-11(2)18)15(19)17-14-8-7-12-5-3-4-6-13(12)9-14/h3-10H,1-2H3,(H,16,18)(H,17,19). The maximum absolute atomic E-state index is 11.9. The van der Waals surface area contributed by atoms with Crippen LogP contribution in [-0.4, -0.2) is 17.9 Å². The van der Waals surface area contributed by atoms with E-state index in [0.29, 0.717) is 0 Å². The van der Waals surface area contributed by atoms with Crippen LogP contribution in [-0.2, 0) is 9.59 Å². The molecule has 0 fully saturated rings. The van der Waals surface area contributed by atoms with Crippen molar-refractivity contribution in [1.29, 1.82) is 0 Å². The van der Waals surface area contributed by atoms with Crippen molar-refractivity contribution in [2.45, 2.75) is 19.9 Å². The summed E-state index contributed by atoms with van der Waals surface area (Å²) in [4.78, 5) is 22.8. The Kier molecular flexibility index (Phi) is 3.80. The monoisotopic (exact) mass is 256 g/mol. The Hall–Kier alpha value is -2.36. The highest BCUT2D eigenvalue weighted by molar-refractivity contribution is 5.98. The van der Waals surface area contributed by atoms with Crippen LogP contribution in [0.25, 0.3) is 10.8 Å². The van der Waals surface area contributed by atoms with E-state index in [9.17, 15) is 9.59 Å². The molecule has 2 aromatic rings. The quantitative estimate of drug-likeness (QED) is 0.885. The molecule has 0 aliphatic carbocycles. The first kappa shape index (κ1) is 13.1. The number of hydrogen-bond acceptors (Lipinski definition) is 2. The average molecular weight is 256 g/mol. The highest BCUT2D eigenvalue weighted by atomic mass is 16.2. The zero-order valence-corrected chi connectivity index (χ0v) is 10.9. The summed E-state index contributed by atoms with van der Waals surface area (Å²) in [5.41, 5.74) is 0.723. The van der Waals surface area contributed by atoms with Crippen molar-refractivity contribution in [2.24, 2.45) is 0 Å². The minimum absolute atomic E-state index is 0.221. The molecule has 2 aromatic carbocycles. The molecule has 4 heteroatoms. The van der Waals surface area contributed by atoms with E-state index < -0.39 is 6.04 Å². The molecule has 0 saturated carbocycles. The largest absolute Gasteiger partial charge is 0.345 e. The minimum atomic E-state index is -0.552. The lowest BCUT2D eigenvalue weighted by molar-refractivity contribution is -0.124. The third kappa shape index (κ3) is 3.31. The van der Waals surface area contributed by atoms with Gasteiger partial charge in [-0.25, -0.2) is 0 Å². The maximum Gasteiger partial charge on any atom is 0.246 e. The normalized spacial score (nSPS) is 11.9. The molecule has 0 bridgehead atoms. The molecule has 0 aliphatic heterocycles. The van der Waals surface area contributed by atoms with E-state index in [2.05, 4.69) is 10.6 Å². The fraction of sp³-hybridized carbons (Fsp3) is 0.200. The van der Waals surface area contributed by atoms with Gasteiger partial charge in [0.25, 0.3) is 0 Å². The van der Waals surface area contributed by atoms with Crippen molar-refractivity contribution in [1.82, 2.24) is 5.32 Å². The first-order valence-corrected chi connectivity index (χ1v) is 6.13. The lowest BCUT2D eigenvalue weighted by atomic mass is 10.1. The van der Waals surface area contributed by atoms with E-state index in [1.165, 1.54) is 6.92 Å². The van der Waals surface area contributed by atoms with Gasteiger partial charge in [0.1, 0.15) is 6.04 Å². The van der Waals surface area contributed by atoms with E-state index in [-0.39, 0.29) is 11.8 Å². The van der Waals surface area contributed by atoms with Crippen LogP contribution in [0, 0.1) is 0 Å². The third-order valence-corrected chi connectivity index (χ3v) is 2.83. The SMILES string of the molecule is CC(=O)NC(C)C(=O)Nc1ccc2ccccc2c1. The Labute approximate surface area is 111 Å². The first-order valence-electron chi connectivity index (χ1n) is 6.13. The summed E-state index contributed by atoms with van der Waals surface area (Å²) in [5, 5.41) is 7.52. The van der Waals surface area contributed by atoms with E-state index in [0.717, 1.165) is 16.5 Å². The van der Waals surface area contributed by atoms with E-state index in [4.69, 9.17) is 0 Å². The Morgan fingerprint density at radius 2 is 1.74 bits per heavy atom. The third-order valence-electron chi connectivity index (χ3n) is 2.83. The van der Waals surface area contributed by atoms with Gasteiger partial charge in [-0.15, -0.1) is 0 Å². The van der Waals surface area contributed by atoms with Gasteiger partial charge in [0.05, 0.1) is 0 Å². The second kappa shape index (κ2) is 5.52. The summed E-state index contributed by atoms with van der Waals surface area (Å²) in [6, 6.07) is 13.1. The molecule has 1 unspecified atom stereocenters. The molecule has 0 radical (unpaired) electrons. The number of nitrogens with one attached hydrogen (secondary N) is 2. The summed E-state index contributed by atoms with van der Waals surface area (Å²) in [6.07, 6.45) is 0. The number of benzene rings is 2. The van der Waals surface area contributed by atoms with Gasteiger partial charge in [-0.1, -0.05) is 30.3 Å². The molecule has 19 heavy (non-hydrogen) atoms. The topological polar surface area (TPSA) is 58.2 Å². The highest BCUT2D eigenvalue weighted by Crippen LogP contribution is 2.18. The van der Waals surface area contributed by atoms with Gasteiger partial charge < -0.3 is 10.6 Å². The van der Waals surface area contributed by atoms with Gasteiger partial charge >= 0.3 is 0 Å². The number of rotatable bonds is 3. The minimum Gasteiger partial charge on any atom is -0.345 e. The molecule has 2 amide bonds. The zero-order valence-electron chi connectivity index (χ0n) is 10.9. The van der Waals surface area contributed by atoms with Crippen LogP contribution in [0.5, 0.6) is 0 Å². The molecule has 2 rings (SSSR count). The maximum atomic E-state index is 11.9. The van der Waals surface area contributed by atoms with Crippen LogP contribution in [0.1, 0.15) is 13.8 Å². The zero-order chi connectivity index (χ0) is 13.8. The van der Waals surface area contributed by atoms with Crippen molar-refractivity contribution in [3.05, 3.63) is 42.5 Å². The Balaban J connectivity index is 2.12. The van der Waals surface area contributed by atoms with Crippen LogP contribution in [0.15, 0.2) is 42.5 Å². The van der Waals surface area contributed by atoms with E-state index in [1.54, 1.807) is 6.92 Å². The van der Waals surface area contributed by atoms with Crippen molar-refractivity contribution in [2.75, 3.05) is 5.32 Å². The van der Waals surface area contributed by atoms with Crippen LogP contribution < -0.4 is 10.6 Å². The summed E-state index contributed by atoms with van der Waals surface area (Å²) in [5.74, 6) is -0.452. The molecule has 0 aliphatic rings. The fourth-order valence-corrected chi connectivity index (χ4v) is 1.89. The van der Waals surface area contributed by atoms with Gasteiger partial charge in [0.2, 0.25) is 11.8 Å². The Morgan fingerprint density at radius 1 is 1.05 bits per heavy atom. The van der Waals surface area contributed by atoms with Crippen molar-refractivity contribution < 1.29 is 9.59 Å². The number of fused-ring (bicyclic) bond motifs is 1. The molecule has 0 aromatic heterocycles. The Morgan fingerprint density at radius 3 is 2.42 bits per heavy atom. The second-order valence-corrected chi connectivity index (χ2v) is 4.47. The molecule has 1 atom stereocenters. The molecule has 2 N–H and O–H groups in total. The number of anilines is 1. The van der Waals surface area contributed by atoms with Crippen LogP contribution in [0.3, 0.4) is 0 Å². The van der Waals surface area contributed by atoms with Crippen molar-refractivity contribution >= 4 is 28.3 Å². The number of carbonyl (C=O) groups is 2. The molecule has 0 heterocycles. The van der Waals surface area contributed by atoms with Gasteiger partial charge in [0.15, 0.2) is 0 Å². The molecule has 98 valence electrons. The van der Waals surface area contributed by atoms with Crippen molar-refractivity contribution in [3.8, 4) is 0 Å². The molecular formula is C15H16N2O2. The van der Waals surface area contributed by atoms with E-state index >= 15 is 0 Å².